The first-order valence-electron chi connectivity index (χ1n) is 6.16. The third-order valence-corrected chi connectivity index (χ3v) is 2.68. The summed E-state index contributed by atoms with van der Waals surface area (Å²) in [6.07, 6.45) is 2.41. The third-order valence-electron chi connectivity index (χ3n) is 2.68. The molecule has 0 aliphatic heterocycles. The number of nitrogens with two attached hydrogens (primary N) is 1. The molecule has 0 saturated heterocycles. The molecule has 96 valence electrons. The fourth-order valence-electron chi connectivity index (χ4n) is 1.84. The number of benzene rings is 1. The first kappa shape index (κ1) is 13.8. The molecule has 0 aliphatic carbocycles. The predicted molar refractivity (Wildman–Crippen MR) is 71.1 cm³/mol. The molecule has 0 saturated carbocycles. The number of hydrogen-bond acceptors (Lipinski definition) is 3. The standard InChI is InChI=1S/C14H23NO2/c1-4-5-11(2)9-17-10-12-6-13(15)8-14(7-12)16-3/h6-8,11H,4-5,9-10,15H2,1-3H3. The summed E-state index contributed by atoms with van der Waals surface area (Å²) in [6.45, 7) is 5.79. The van der Waals surface area contributed by atoms with Crippen LogP contribution in [0.5, 0.6) is 5.75 Å². The summed E-state index contributed by atoms with van der Waals surface area (Å²) in [6, 6.07) is 5.69. The van der Waals surface area contributed by atoms with Gasteiger partial charge in [-0.2, -0.15) is 0 Å². The number of methoxy groups -OCH3 is 1. The van der Waals surface area contributed by atoms with Gasteiger partial charge in [0.15, 0.2) is 0 Å². The molecule has 1 aromatic rings. The van der Waals surface area contributed by atoms with Crippen LogP contribution in [0.1, 0.15) is 32.3 Å². The normalized spacial score (nSPS) is 12.4. The minimum absolute atomic E-state index is 0.593. The zero-order valence-electron chi connectivity index (χ0n) is 11.0. The average molecular weight is 237 g/mol. The minimum Gasteiger partial charge on any atom is -0.497 e. The SMILES string of the molecule is CCCC(C)COCc1cc(N)cc(OC)c1. The van der Waals surface area contributed by atoms with Gasteiger partial charge in [-0.25, -0.2) is 0 Å². The van der Waals surface area contributed by atoms with Gasteiger partial charge in [-0.05, 0) is 30.0 Å². The summed E-state index contributed by atoms with van der Waals surface area (Å²) in [4.78, 5) is 0. The Morgan fingerprint density at radius 2 is 2.06 bits per heavy atom. The van der Waals surface area contributed by atoms with Crippen LogP contribution in [0.2, 0.25) is 0 Å². The number of nitrogen functional groups attached to an aromatic ring is 1. The van der Waals surface area contributed by atoms with Crippen molar-refractivity contribution in [2.75, 3.05) is 19.5 Å². The highest BCUT2D eigenvalue weighted by Crippen LogP contribution is 2.19. The highest BCUT2D eigenvalue weighted by atomic mass is 16.5. The van der Waals surface area contributed by atoms with Gasteiger partial charge in [0.1, 0.15) is 5.75 Å². The Bertz CT molecular complexity index is 339. The maximum Gasteiger partial charge on any atom is 0.121 e. The van der Waals surface area contributed by atoms with Gasteiger partial charge in [-0.15, -0.1) is 0 Å². The lowest BCUT2D eigenvalue weighted by atomic mass is 10.1. The second kappa shape index (κ2) is 7.17. The van der Waals surface area contributed by atoms with Gasteiger partial charge in [-0.3, -0.25) is 0 Å². The van der Waals surface area contributed by atoms with Crippen molar-refractivity contribution in [2.45, 2.75) is 33.3 Å². The molecule has 0 spiro atoms. The van der Waals surface area contributed by atoms with Crippen LogP contribution in [0.25, 0.3) is 0 Å². The van der Waals surface area contributed by atoms with E-state index in [0.717, 1.165) is 17.9 Å². The largest absolute Gasteiger partial charge is 0.497 e. The molecule has 0 fully saturated rings. The van der Waals surface area contributed by atoms with E-state index in [4.69, 9.17) is 15.2 Å². The lowest BCUT2D eigenvalue weighted by Crippen LogP contribution is -2.05. The first-order chi connectivity index (χ1) is 8.15. The van der Waals surface area contributed by atoms with Crippen LogP contribution in [0.15, 0.2) is 18.2 Å². The number of anilines is 1. The van der Waals surface area contributed by atoms with Crippen molar-refractivity contribution in [1.82, 2.24) is 0 Å². The Labute approximate surface area is 104 Å². The van der Waals surface area contributed by atoms with Crippen LogP contribution in [0.3, 0.4) is 0 Å². The van der Waals surface area contributed by atoms with E-state index in [1.54, 1.807) is 7.11 Å². The smallest absolute Gasteiger partial charge is 0.121 e. The summed E-state index contributed by atoms with van der Waals surface area (Å²) < 4.78 is 10.8. The van der Waals surface area contributed by atoms with Crippen molar-refractivity contribution in [3.63, 3.8) is 0 Å². The quantitative estimate of drug-likeness (QED) is 0.740. The number of ether oxygens (including phenoxy) is 2. The molecule has 3 heteroatoms. The van der Waals surface area contributed by atoms with Gasteiger partial charge in [0.25, 0.3) is 0 Å². The summed E-state index contributed by atoms with van der Waals surface area (Å²) in [5.74, 6) is 1.40. The third kappa shape index (κ3) is 5.09. The van der Waals surface area contributed by atoms with Crippen LogP contribution in [-0.2, 0) is 11.3 Å². The molecule has 2 N–H and O–H groups in total. The van der Waals surface area contributed by atoms with E-state index in [1.165, 1.54) is 12.8 Å². The average Bonchev–Trinajstić information content (AvgIpc) is 2.28. The molecule has 1 atom stereocenters. The van der Waals surface area contributed by atoms with Crippen molar-refractivity contribution in [1.29, 1.82) is 0 Å². The van der Waals surface area contributed by atoms with Gasteiger partial charge >= 0.3 is 0 Å². The predicted octanol–water partition coefficient (Wildman–Crippen LogP) is 3.23. The van der Waals surface area contributed by atoms with Crippen molar-refractivity contribution in [3.05, 3.63) is 23.8 Å². The Morgan fingerprint density at radius 3 is 2.71 bits per heavy atom. The second-order valence-electron chi connectivity index (χ2n) is 4.52. The zero-order chi connectivity index (χ0) is 12.7. The highest BCUT2D eigenvalue weighted by molar-refractivity contribution is 5.47. The van der Waals surface area contributed by atoms with E-state index in [9.17, 15) is 0 Å². The van der Waals surface area contributed by atoms with Crippen molar-refractivity contribution in [3.8, 4) is 5.75 Å². The molecule has 1 aromatic carbocycles. The Morgan fingerprint density at radius 1 is 1.29 bits per heavy atom. The van der Waals surface area contributed by atoms with Crippen molar-refractivity contribution < 1.29 is 9.47 Å². The lowest BCUT2D eigenvalue weighted by Gasteiger charge is -2.11. The fourth-order valence-corrected chi connectivity index (χ4v) is 1.84. The molecule has 0 aromatic heterocycles. The first-order valence-corrected chi connectivity index (χ1v) is 6.16. The molecular weight excluding hydrogens is 214 g/mol. The highest BCUT2D eigenvalue weighted by Gasteiger charge is 2.03. The number of rotatable bonds is 7. The minimum atomic E-state index is 0.593. The topological polar surface area (TPSA) is 44.5 Å². The van der Waals surface area contributed by atoms with Gasteiger partial charge in [0, 0.05) is 18.4 Å². The van der Waals surface area contributed by atoms with Crippen molar-refractivity contribution >= 4 is 5.69 Å². The fraction of sp³-hybridized carbons (Fsp3) is 0.571. The van der Waals surface area contributed by atoms with E-state index in [0.29, 0.717) is 18.2 Å². The molecular formula is C14H23NO2. The van der Waals surface area contributed by atoms with Gasteiger partial charge in [0.2, 0.25) is 0 Å². The van der Waals surface area contributed by atoms with Gasteiger partial charge < -0.3 is 15.2 Å². The molecule has 3 nitrogen and oxygen atoms in total. The molecule has 17 heavy (non-hydrogen) atoms. The molecule has 0 radical (unpaired) electrons. The Kier molecular flexibility index (Phi) is 5.84. The Balaban J connectivity index is 2.43. The number of hydrogen-bond donors (Lipinski definition) is 1. The van der Waals surface area contributed by atoms with Crippen LogP contribution in [0, 0.1) is 5.92 Å². The van der Waals surface area contributed by atoms with Gasteiger partial charge in [0.05, 0.1) is 13.7 Å². The summed E-state index contributed by atoms with van der Waals surface area (Å²) in [7, 11) is 1.64. The van der Waals surface area contributed by atoms with E-state index in [2.05, 4.69) is 13.8 Å². The maximum absolute atomic E-state index is 5.78. The van der Waals surface area contributed by atoms with E-state index < -0.39 is 0 Å². The van der Waals surface area contributed by atoms with E-state index >= 15 is 0 Å². The molecule has 1 rings (SSSR count). The summed E-state index contributed by atoms with van der Waals surface area (Å²) in [5, 5.41) is 0. The lowest BCUT2D eigenvalue weighted by molar-refractivity contribution is 0.0892. The summed E-state index contributed by atoms with van der Waals surface area (Å²) >= 11 is 0. The van der Waals surface area contributed by atoms with Crippen LogP contribution in [0.4, 0.5) is 5.69 Å². The summed E-state index contributed by atoms with van der Waals surface area (Å²) in [5.41, 5.74) is 7.55. The van der Waals surface area contributed by atoms with E-state index in [-0.39, 0.29) is 0 Å². The monoisotopic (exact) mass is 237 g/mol. The van der Waals surface area contributed by atoms with Crippen LogP contribution in [-0.4, -0.2) is 13.7 Å². The Hall–Kier alpha value is -1.22. The second-order valence-corrected chi connectivity index (χ2v) is 4.52. The van der Waals surface area contributed by atoms with Crippen molar-refractivity contribution in [2.24, 2.45) is 5.92 Å². The van der Waals surface area contributed by atoms with E-state index in [1.807, 2.05) is 18.2 Å². The molecule has 0 aliphatic rings. The zero-order valence-corrected chi connectivity index (χ0v) is 11.0. The molecule has 1 unspecified atom stereocenters. The van der Waals surface area contributed by atoms with Gasteiger partial charge in [-0.1, -0.05) is 20.3 Å². The maximum atomic E-state index is 5.78. The molecule has 0 heterocycles. The molecule has 0 amide bonds. The van der Waals surface area contributed by atoms with Crippen LogP contribution >= 0.6 is 0 Å². The molecule has 0 bridgehead atoms. The van der Waals surface area contributed by atoms with Crippen LogP contribution < -0.4 is 10.5 Å².